The molecule has 1 aliphatic carbocycles. The average Bonchev–Trinajstić information content (AvgIpc) is 3.31. The second-order valence-electron chi connectivity index (χ2n) is 12.2. The molecule has 3 aliphatic rings. The molecule has 0 bridgehead atoms. The Hall–Kier alpha value is -4.85. The first-order valence-corrected chi connectivity index (χ1v) is 15.0. The van der Waals surface area contributed by atoms with E-state index in [1.807, 2.05) is 6.07 Å². The topological polar surface area (TPSA) is 45.5 Å². The van der Waals surface area contributed by atoms with Crippen LogP contribution in [0.4, 0.5) is 5.69 Å². The van der Waals surface area contributed by atoms with Gasteiger partial charge < -0.3 is 14.4 Å². The molecular formula is C39H32N2O2. The van der Waals surface area contributed by atoms with E-state index in [1.165, 1.54) is 33.3 Å². The molecule has 2 heterocycles. The van der Waals surface area contributed by atoms with Gasteiger partial charge in [0.05, 0.1) is 24.8 Å². The Morgan fingerprint density at radius 2 is 1.49 bits per heavy atom. The molecule has 0 amide bonds. The smallest absolute Gasteiger partial charge is 0.178 e. The van der Waals surface area contributed by atoms with Crippen LogP contribution < -0.4 is 9.64 Å². The second kappa shape index (κ2) is 9.59. The molecule has 2 aliphatic heterocycles. The van der Waals surface area contributed by atoms with Gasteiger partial charge in [-0.2, -0.15) is 5.26 Å². The second-order valence-corrected chi connectivity index (χ2v) is 12.2. The molecular weight excluding hydrogens is 528 g/mol. The van der Waals surface area contributed by atoms with Crippen LogP contribution in [0.25, 0.3) is 28.0 Å². The molecule has 0 N–H and O–H groups in total. The minimum absolute atomic E-state index is 0.300. The maximum Gasteiger partial charge on any atom is 0.178 e. The third-order valence-electron chi connectivity index (χ3n) is 9.54. The lowest BCUT2D eigenvalue weighted by molar-refractivity contribution is 0.122. The molecule has 5 aromatic rings. The molecule has 8 rings (SSSR count). The quantitative estimate of drug-likeness (QED) is 0.223. The monoisotopic (exact) mass is 560 g/mol. The van der Waals surface area contributed by atoms with Gasteiger partial charge in [-0.1, -0.05) is 92.7 Å². The molecule has 1 fully saturated rings. The highest BCUT2D eigenvalue weighted by Crippen LogP contribution is 2.58. The van der Waals surface area contributed by atoms with E-state index >= 15 is 0 Å². The summed E-state index contributed by atoms with van der Waals surface area (Å²) in [5.74, 6) is 0.902. The summed E-state index contributed by atoms with van der Waals surface area (Å²) >= 11 is 0. The van der Waals surface area contributed by atoms with Gasteiger partial charge in [-0.05, 0) is 58.0 Å². The van der Waals surface area contributed by atoms with Gasteiger partial charge in [0.1, 0.15) is 5.75 Å². The summed E-state index contributed by atoms with van der Waals surface area (Å²) in [4.78, 5) is 2.38. The van der Waals surface area contributed by atoms with E-state index in [9.17, 15) is 5.26 Å². The van der Waals surface area contributed by atoms with E-state index < -0.39 is 5.60 Å². The molecule has 1 saturated heterocycles. The molecule has 4 heteroatoms. The number of ether oxygens (including phenoxy) is 2. The Morgan fingerprint density at radius 1 is 0.791 bits per heavy atom. The van der Waals surface area contributed by atoms with Crippen LogP contribution in [-0.4, -0.2) is 26.3 Å². The van der Waals surface area contributed by atoms with Crippen LogP contribution in [0.5, 0.6) is 5.75 Å². The molecule has 1 unspecified atom stereocenters. The van der Waals surface area contributed by atoms with E-state index in [2.05, 4.69) is 128 Å². The van der Waals surface area contributed by atoms with Crippen molar-refractivity contribution in [3.05, 3.63) is 137 Å². The summed E-state index contributed by atoms with van der Waals surface area (Å²) in [6.07, 6.45) is 4.52. The molecule has 0 spiro atoms. The number of hydrogen-bond donors (Lipinski definition) is 0. The number of fused-ring (bicyclic) bond motifs is 8. The Balaban J connectivity index is 1.35. The number of hydrogen-bond acceptors (Lipinski definition) is 4. The highest BCUT2D eigenvalue weighted by atomic mass is 16.5. The molecule has 0 saturated carbocycles. The van der Waals surface area contributed by atoms with Crippen molar-refractivity contribution in [1.82, 2.24) is 0 Å². The van der Waals surface area contributed by atoms with Gasteiger partial charge in [0, 0.05) is 46.3 Å². The predicted molar refractivity (Wildman–Crippen MR) is 173 cm³/mol. The highest BCUT2D eigenvalue weighted by Gasteiger charge is 2.44. The summed E-state index contributed by atoms with van der Waals surface area (Å²) < 4.78 is 13.0. The zero-order chi connectivity index (χ0) is 29.2. The van der Waals surface area contributed by atoms with Crippen molar-refractivity contribution >= 4 is 22.5 Å². The van der Waals surface area contributed by atoms with Gasteiger partial charge in [-0.15, -0.1) is 0 Å². The first-order chi connectivity index (χ1) is 21.0. The maximum absolute atomic E-state index is 9.70. The molecule has 5 aromatic carbocycles. The van der Waals surface area contributed by atoms with Gasteiger partial charge >= 0.3 is 0 Å². The van der Waals surface area contributed by atoms with E-state index in [1.54, 1.807) is 0 Å². The number of benzene rings is 5. The fourth-order valence-electron chi connectivity index (χ4n) is 7.41. The number of nitriles is 1. The molecule has 43 heavy (non-hydrogen) atoms. The average molecular weight is 561 g/mol. The van der Waals surface area contributed by atoms with Gasteiger partial charge in [0.15, 0.2) is 5.60 Å². The fraction of sp³-hybridized carbons (Fsp3) is 0.205. The van der Waals surface area contributed by atoms with Crippen molar-refractivity contribution in [3.8, 4) is 22.9 Å². The van der Waals surface area contributed by atoms with E-state index in [4.69, 9.17) is 9.47 Å². The van der Waals surface area contributed by atoms with Crippen molar-refractivity contribution in [3.63, 3.8) is 0 Å². The minimum atomic E-state index is -0.793. The molecule has 4 nitrogen and oxygen atoms in total. The van der Waals surface area contributed by atoms with Crippen LogP contribution in [0.3, 0.4) is 0 Å². The van der Waals surface area contributed by atoms with Crippen molar-refractivity contribution < 1.29 is 9.47 Å². The van der Waals surface area contributed by atoms with Crippen molar-refractivity contribution in [1.29, 1.82) is 5.26 Å². The Bertz CT molecular complexity index is 1960. The molecule has 0 aromatic heterocycles. The van der Waals surface area contributed by atoms with Crippen molar-refractivity contribution in [2.75, 3.05) is 31.2 Å². The van der Waals surface area contributed by atoms with Crippen LogP contribution in [0.1, 0.15) is 47.2 Å². The number of anilines is 1. The predicted octanol–water partition coefficient (Wildman–Crippen LogP) is 8.20. The Labute approximate surface area is 252 Å². The maximum atomic E-state index is 9.70. The van der Waals surface area contributed by atoms with E-state index in [-0.39, 0.29) is 5.41 Å². The zero-order valence-corrected chi connectivity index (χ0v) is 24.4. The van der Waals surface area contributed by atoms with Crippen LogP contribution in [0.15, 0.2) is 103 Å². The minimum Gasteiger partial charge on any atom is -0.472 e. The largest absolute Gasteiger partial charge is 0.472 e. The molecule has 210 valence electrons. The summed E-state index contributed by atoms with van der Waals surface area (Å²) in [7, 11) is 0. The lowest BCUT2D eigenvalue weighted by atomic mass is 9.76. The van der Waals surface area contributed by atoms with Gasteiger partial charge in [-0.25, -0.2) is 0 Å². The lowest BCUT2D eigenvalue weighted by Gasteiger charge is -2.38. The van der Waals surface area contributed by atoms with Crippen LogP contribution in [0.2, 0.25) is 0 Å². The summed E-state index contributed by atoms with van der Waals surface area (Å²) in [6.45, 7) is 7.86. The highest BCUT2D eigenvalue weighted by molar-refractivity contribution is 6.08. The molecule has 0 radical (unpaired) electrons. The third kappa shape index (κ3) is 3.78. The Morgan fingerprint density at radius 3 is 2.23 bits per heavy atom. The van der Waals surface area contributed by atoms with Gasteiger partial charge in [-0.3, -0.25) is 0 Å². The first-order valence-electron chi connectivity index (χ1n) is 15.0. The van der Waals surface area contributed by atoms with Crippen molar-refractivity contribution in [2.45, 2.75) is 24.9 Å². The van der Waals surface area contributed by atoms with Crippen LogP contribution >= 0.6 is 0 Å². The third-order valence-corrected chi connectivity index (χ3v) is 9.54. The standard InChI is InChI=1S/C39H32N2O2/c1-38(2)34-24-26(25-40)12-17-32(34)35-30-10-6-7-11-31(30)37-33(36(35)38)18-19-39(43-37,27-8-4-3-5-9-27)28-13-15-29(16-14-28)41-20-22-42-23-21-41/h3-19,24H,20-23H2,1-2H3. The van der Waals surface area contributed by atoms with Crippen molar-refractivity contribution in [2.24, 2.45) is 0 Å². The zero-order valence-electron chi connectivity index (χ0n) is 24.4. The Kier molecular flexibility index (Phi) is 5.76. The summed E-state index contributed by atoms with van der Waals surface area (Å²) in [6, 6.07) is 36.4. The molecule has 1 atom stereocenters. The fourth-order valence-corrected chi connectivity index (χ4v) is 7.41. The number of nitrogens with zero attached hydrogens (tertiary/aromatic N) is 2. The SMILES string of the molecule is CC1(C)c2cc(C#N)ccc2-c2c1c1c(c3ccccc23)OC(c2ccccc2)(c2ccc(N3CCOCC3)cc2)C=C1. The summed E-state index contributed by atoms with van der Waals surface area (Å²) in [5.41, 5.74) is 8.97. The van der Waals surface area contributed by atoms with E-state index in [0.29, 0.717) is 5.56 Å². The van der Waals surface area contributed by atoms with Gasteiger partial charge in [0.2, 0.25) is 0 Å². The number of rotatable bonds is 3. The first kappa shape index (κ1) is 25.8. The summed E-state index contributed by atoms with van der Waals surface area (Å²) in [5, 5.41) is 12.0. The lowest BCUT2D eigenvalue weighted by Crippen LogP contribution is -2.37. The van der Waals surface area contributed by atoms with E-state index in [0.717, 1.165) is 54.1 Å². The number of morpholine rings is 1. The van der Waals surface area contributed by atoms with Gasteiger partial charge in [0.25, 0.3) is 0 Å². The van der Waals surface area contributed by atoms with Crippen LogP contribution in [-0.2, 0) is 15.8 Å². The van der Waals surface area contributed by atoms with Crippen LogP contribution in [0, 0.1) is 11.3 Å². The normalized spacial score (nSPS) is 19.7.